The second kappa shape index (κ2) is 9.20. The zero-order chi connectivity index (χ0) is 23.8. The number of nitrogens with one attached hydrogen (secondary N) is 1. The molecular formula is C30H38N2O2. The number of benzene rings is 2. The molecule has 0 heterocycles. The third kappa shape index (κ3) is 4.64. The topological polar surface area (TPSA) is 50.7 Å². The molecule has 4 nitrogen and oxygen atoms in total. The van der Waals surface area contributed by atoms with Gasteiger partial charge in [0.05, 0.1) is 18.2 Å². The number of rotatable bonds is 8. The number of ether oxygens (including phenoxy) is 1. The molecule has 4 aliphatic rings. The van der Waals surface area contributed by atoms with Crippen LogP contribution in [0.25, 0.3) is 0 Å². The monoisotopic (exact) mass is 458 g/mol. The van der Waals surface area contributed by atoms with Crippen molar-refractivity contribution in [1.82, 2.24) is 5.43 Å². The normalized spacial score (nSPS) is 29.6. The first kappa shape index (κ1) is 23.1. The lowest BCUT2D eigenvalue weighted by Gasteiger charge is -2.61. The number of hydrazone groups is 1. The second-order valence-corrected chi connectivity index (χ2v) is 11.7. The van der Waals surface area contributed by atoms with Gasteiger partial charge in [0.25, 0.3) is 0 Å². The minimum atomic E-state index is -0.277. The fraction of sp³-hybridized carbons (Fsp3) is 0.533. The van der Waals surface area contributed by atoms with Crippen molar-refractivity contribution in [3.8, 4) is 5.75 Å². The molecular weight excluding hydrogens is 420 g/mol. The number of hydrogen-bond donors (Lipinski definition) is 1. The van der Waals surface area contributed by atoms with E-state index in [1.807, 2.05) is 24.3 Å². The van der Waals surface area contributed by atoms with Gasteiger partial charge in [-0.1, -0.05) is 43.7 Å². The lowest BCUT2D eigenvalue weighted by Crippen LogP contribution is -2.58. The Hall–Kier alpha value is -2.62. The van der Waals surface area contributed by atoms with E-state index < -0.39 is 0 Å². The lowest BCUT2D eigenvalue weighted by atomic mass is 9.42. The molecule has 0 unspecified atom stereocenters. The summed E-state index contributed by atoms with van der Waals surface area (Å²) in [6, 6.07) is 17.0. The summed E-state index contributed by atoms with van der Waals surface area (Å²) in [6.07, 6.45) is 9.53. The summed E-state index contributed by atoms with van der Waals surface area (Å²) in [6.45, 7) is 7.27. The van der Waals surface area contributed by atoms with Crippen LogP contribution >= 0.6 is 0 Å². The van der Waals surface area contributed by atoms with E-state index >= 15 is 0 Å². The Labute approximate surface area is 204 Å². The van der Waals surface area contributed by atoms with Crippen molar-refractivity contribution in [2.45, 2.75) is 71.1 Å². The molecule has 6 rings (SSSR count). The number of hydrogen-bond acceptors (Lipinski definition) is 3. The Bertz CT molecular complexity index is 1020. The van der Waals surface area contributed by atoms with E-state index in [2.05, 4.69) is 55.6 Å². The Morgan fingerprint density at radius 1 is 1.06 bits per heavy atom. The molecule has 1 amide bonds. The third-order valence-electron chi connectivity index (χ3n) is 8.43. The summed E-state index contributed by atoms with van der Waals surface area (Å²) in [5.74, 6) is 2.93. The molecule has 4 heteroatoms. The maximum absolute atomic E-state index is 13.5. The van der Waals surface area contributed by atoms with Gasteiger partial charge in [-0.2, -0.15) is 5.10 Å². The fourth-order valence-corrected chi connectivity index (χ4v) is 7.12. The van der Waals surface area contributed by atoms with Crippen LogP contribution in [0.5, 0.6) is 5.75 Å². The summed E-state index contributed by atoms with van der Waals surface area (Å²) in [5.41, 5.74) is 6.49. The van der Waals surface area contributed by atoms with Gasteiger partial charge < -0.3 is 4.74 Å². The molecule has 4 fully saturated rings. The molecule has 2 aromatic rings. The van der Waals surface area contributed by atoms with E-state index in [-0.39, 0.29) is 16.7 Å². The minimum Gasteiger partial charge on any atom is -0.494 e. The number of nitrogens with zero attached hydrogens (tertiary/aromatic N) is 1. The maximum Gasteiger partial charge on any atom is 0.246 e. The van der Waals surface area contributed by atoms with Gasteiger partial charge in [-0.15, -0.1) is 0 Å². The Kier molecular flexibility index (Phi) is 6.26. The third-order valence-corrected chi connectivity index (χ3v) is 8.43. The molecule has 0 radical (unpaired) electrons. The summed E-state index contributed by atoms with van der Waals surface area (Å²) in [7, 11) is 0. The van der Waals surface area contributed by atoms with Gasteiger partial charge >= 0.3 is 0 Å². The van der Waals surface area contributed by atoms with Gasteiger partial charge in [-0.3, -0.25) is 4.79 Å². The lowest BCUT2D eigenvalue weighted by molar-refractivity contribution is -0.149. The average molecular weight is 459 g/mol. The highest BCUT2D eigenvalue weighted by atomic mass is 16.5. The fourth-order valence-electron chi connectivity index (χ4n) is 7.12. The zero-order valence-electron chi connectivity index (χ0n) is 20.8. The minimum absolute atomic E-state index is 0.114. The molecule has 0 aromatic heterocycles. The van der Waals surface area contributed by atoms with Gasteiger partial charge in [-0.25, -0.2) is 5.43 Å². The van der Waals surface area contributed by atoms with E-state index in [0.717, 1.165) is 43.6 Å². The molecule has 0 spiro atoms. The molecule has 2 aromatic carbocycles. The molecule has 4 bridgehead atoms. The molecule has 0 aliphatic heterocycles. The highest BCUT2D eigenvalue weighted by molar-refractivity contribution is 5.86. The summed E-state index contributed by atoms with van der Waals surface area (Å²) >= 11 is 0. The van der Waals surface area contributed by atoms with Crippen LogP contribution in [0.4, 0.5) is 0 Å². The van der Waals surface area contributed by atoms with Gasteiger partial charge in [0, 0.05) is 0 Å². The van der Waals surface area contributed by atoms with Crippen molar-refractivity contribution in [1.29, 1.82) is 0 Å². The first-order chi connectivity index (χ1) is 16.4. The quantitative estimate of drug-likeness (QED) is 0.367. The molecule has 4 saturated carbocycles. The molecule has 1 N–H and O–H groups in total. The number of aryl methyl sites for hydroxylation is 1. The molecule has 34 heavy (non-hydrogen) atoms. The van der Waals surface area contributed by atoms with Crippen molar-refractivity contribution < 1.29 is 9.53 Å². The maximum atomic E-state index is 13.5. The van der Waals surface area contributed by atoms with Crippen molar-refractivity contribution in [2.75, 3.05) is 6.61 Å². The van der Waals surface area contributed by atoms with E-state index in [0.29, 0.717) is 17.8 Å². The van der Waals surface area contributed by atoms with E-state index in [4.69, 9.17) is 4.74 Å². The van der Waals surface area contributed by atoms with Crippen molar-refractivity contribution in [2.24, 2.45) is 28.3 Å². The SMILES string of the molecule is Cc1ccc(C23C[C@H]4C[C@@H](CC(C(=O)N/N=C\c5ccc(OCCC(C)C)cc5)(C4)C2)C3)cc1. The standard InChI is InChI=1S/C30H38N2O2/c1-21(2)12-13-34-27-10-6-23(7-11-27)19-31-32-28(33)30-17-24-14-25(18-30)16-29(15-24,20-30)26-8-4-22(3)5-9-26/h4-11,19,21,24-25H,12-18,20H2,1-3H3,(H,32,33)/b31-19-/t24-,25-,29?,30?/m1/s1. The zero-order valence-corrected chi connectivity index (χ0v) is 20.8. The Morgan fingerprint density at radius 2 is 1.74 bits per heavy atom. The van der Waals surface area contributed by atoms with Crippen LogP contribution in [0.3, 0.4) is 0 Å². The predicted molar refractivity (Wildman–Crippen MR) is 137 cm³/mol. The van der Waals surface area contributed by atoms with E-state index in [9.17, 15) is 4.79 Å². The highest BCUT2D eigenvalue weighted by Crippen LogP contribution is 2.65. The molecule has 0 saturated heterocycles. The Morgan fingerprint density at radius 3 is 2.38 bits per heavy atom. The molecule has 180 valence electrons. The summed E-state index contributed by atoms with van der Waals surface area (Å²) in [4.78, 5) is 13.5. The number of carbonyl (C=O) groups excluding carboxylic acids is 1. The van der Waals surface area contributed by atoms with Gasteiger partial charge in [0.2, 0.25) is 5.91 Å². The predicted octanol–water partition coefficient (Wildman–Crippen LogP) is 6.41. The molecule has 4 aliphatic carbocycles. The Balaban J connectivity index is 1.24. The van der Waals surface area contributed by atoms with Crippen LogP contribution in [-0.2, 0) is 10.2 Å². The van der Waals surface area contributed by atoms with Crippen molar-refractivity contribution in [3.63, 3.8) is 0 Å². The van der Waals surface area contributed by atoms with Crippen molar-refractivity contribution in [3.05, 3.63) is 65.2 Å². The summed E-state index contributed by atoms with van der Waals surface area (Å²) < 4.78 is 5.79. The first-order valence-corrected chi connectivity index (χ1v) is 13.0. The first-order valence-electron chi connectivity index (χ1n) is 13.0. The van der Waals surface area contributed by atoms with Gasteiger partial charge in [-0.05, 0) is 110 Å². The number of amides is 1. The van der Waals surface area contributed by atoms with Gasteiger partial charge in [0.15, 0.2) is 0 Å². The van der Waals surface area contributed by atoms with Crippen LogP contribution in [0.1, 0.15) is 75.5 Å². The van der Waals surface area contributed by atoms with E-state index in [1.165, 1.54) is 30.4 Å². The molecule has 2 atom stereocenters. The highest BCUT2D eigenvalue weighted by Gasteiger charge is 2.60. The van der Waals surface area contributed by atoms with Gasteiger partial charge in [0.1, 0.15) is 5.75 Å². The number of carbonyl (C=O) groups is 1. The largest absolute Gasteiger partial charge is 0.494 e. The smallest absolute Gasteiger partial charge is 0.246 e. The average Bonchev–Trinajstić information content (AvgIpc) is 2.79. The van der Waals surface area contributed by atoms with Crippen LogP contribution < -0.4 is 10.2 Å². The van der Waals surface area contributed by atoms with Crippen molar-refractivity contribution >= 4 is 12.1 Å². The van der Waals surface area contributed by atoms with E-state index in [1.54, 1.807) is 6.21 Å². The van der Waals surface area contributed by atoms with Crippen LogP contribution in [0.2, 0.25) is 0 Å². The van der Waals surface area contributed by atoms with Crippen LogP contribution in [0, 0.1) is 30.1 Å². The second-order valence-electron chi connectivity index (χ2n) is 11.7. The van der Waals surface area contributed by atoms with Crippen LogP contribution in [0.15, 0.2) is 53.6 Å². The van der Waals surface area contributed by atoms with Crippen LogP contribution in [-0.4, -0.2) is 18.7 Å². The summed E-state index contributed by atoms with van der Waals surface area (Å²) in [5, 5.41) is 4.36.